The lowest BCUT2D eigenvalue weighted by Gasteiger charge is -2.19. The van der Waals surface area contributed by atoms with Gasteiger partial charge in [-0.1, -0.05) is 5.57 Å². The second kappa shape index (κ2) is 9.20. The molecular weight excluding hydrogens is 400 g/mol. The van der Waals surface area contributed by atoms with Gasteiger partial charge in [0.05, 0.1) is 42.0 Å². The Bertz CT molecular complexity index is 998. The second-order valence-electron chi connectivity index (χ2n) is 7.32. The lowest BCUT2D eigenvalue weighted by Crippen LogP contribution is -2.04. The molecule has 0 bridgehead atoms. The Morgan fingerprint density at radius 2 is 1.39 bits per heavy atom. The number of methoxy groups -OCH3 is 5. The van der Waals surface area contributed by atoms with Crippen molar-refractivity contribution in [2.24, 2.45) is 0 Å². The molecule has 0 saturated heterocycles. The number of hydrogen-bond donors (Lipinski definition) is 1. The van der Waals surface area contributed by atoms with Crippen LogP contribution in [0.4, 0.5) is 0 Å². The summed E-state index contributed by atoms with van der Waals surface area (Å²) in [6.45, 7) is 1.99. The number of fused-ring (bicyclic) bond motifs is 1. The molecule has 1 N–H and O–H groups in total. The minimum Gasteiger partial charge on any atom is -0.493 e. The van der Waals surface area contributed by atoms with Crippen molar-refractivity contribution in [1.82, 2.24) is 0 Å². The van der Waals surface area contributed by atoms with Crippen molar-refractivity contribution in [2.45, 2.75) is 25.7 Å². The molecule has 1 atom stereocenters. The number of hydrogen-bond acceptors (Lipinski definition) is 6. The Balaban J connectivity index is 2.12. The molecule has 7 nitrogen and oxygen atoms in total. The first kappa shape index (κ1) is 22.3. The largest absolute Gasteiger partial charge is 0.493 e. The molecule has 166 valence electrons. The fourth-order valence-corrected chi connectivity index (χ4v) is 4.24. The normalized spacial score (nSPS) is 14.8. The van der Waals surface area contributed by atoms with Crippen LogP contribution in [0.25, 0.3) is 5.57 Å². The number of rotatable bonds is 9. The van der Waals surface area contributed by atoms with Gasteiger partial charge in [-0.3, -0.25) is 4.79 Å². The van der Waals surface area contributed by atoms with E-state index >= 15 is 0 Å². The molecule has 3 rings (SSSR count). The summed E-state index contributed by atoms with van der Waals surface area (Å²) < 4.78 is 27.3. The Kier molecular flexibility index (Phi) is 6.63. The van der Waals surface area contributed by atoms with E-state index in [0.29, 0.717) is 35.2 Å². The first-order valence-corrected chi connectivity index (χ1v) is 9.85. The lowest BCUT2D eigenvalue weighted by molar-refractivity contribution is -0.135. The summed E-state index contributed by atoms with van der Waals surface area (Å²) in [6.07, 6.45) is 0.578. The number of allylic oxidation sites excluding steroid dienone is 1. The first-order chi connectivity index (χ1) is 14.9. The van der Waals surface area contributed by atoms with Gasteiger partial charge in [0, 0.05) is 5.92 Å². The van der Waals surface area contributed by atoms with Crippen molar-refractivity contribution in [2.75, 3.05) is 35.5 Å². The van der Waals surface area contributed by atoms with E-state index in [4.69, 9.17) is 23.7 Å². The molecule has 1 unspecified atom stereocenters. The highest BCUT2D eigenvalue weighted by Crippen LogP contribution is 2.49. The van der Waals surface area contributed by atoms with E-state index in [1.165, 1.54) is 0 Å². The molecule has 2 aromatic rings. The average Bonchev–Trinajstić information content (AvgIpc) is 3.01. The quantitative estimate of drug-likeness (QED) is 0.637. The predicted molar refractivity (Wildman–Crippen MR) is 117 cm³/mol. The van der Waals surface area contributed by atoms with E-state index in [9.17, 15) is 9.90 Å². The topological polar surface area (TPSA) is 83.5 Å². The third-order valence-corrected chi connectivity index (χ3v) is 5.75. The summed E-state index contributed by atoms with van der Waals surface area (Å²) in [5, 5.41) is 9.48. The van der Waals surface area contributed by atoms with E-state index in [2.05, 4.69) is 0 Å². The van der Waals surface area contributed by atoms with Gasteiger partial charge in [0.2, 0.25) is 5.75 Å². The Morgan fingerprint density at radius 3 is 1.87 bits per heavy atom. The molecule has 0 radical (unpaired) electrons. The highest BCUT2D eigenvalue weighted by molar-refractivity contribution is 5.90. The molecule has 7 heteroatoms. The molecule has 2 aromatic carbocycles. The van der Waals surface area contributed by atoms with E-state index in [-0.39, 0.29) is 12.3 Å². The second-order valence-corrected chi connectivity index (χ2v) is 7.32. The highest BCUT2D eigenvalue weighted by atomic mass is 16.5. The number of carboxylic acids is 1. The van der Waals surface area contributed by atoms with Gasteiger partial charge >= 0.3 is 5.97 Å². The summed E-state index contributed by atoms with van der Waals surface area (Å²) in [7, 11) is 7.89. The standard InChI is InChI=1S/C24H28O7/c1-13-15(7-14-8-21(29-4)24(31-6)22(9-14)30-5)17-10-19(27-2)20(28-3)11-18(17)16(13)12-23(25)26/h8-11,15H,7,12H2,1-6H3,(H,25,26). The van der Waals surface area contributed by atoms with Crippen LogP contribution in [-0.2, 0) is 11.2 Å². The zero-order valence-electron chi connectivity index (χ0n) is 18.7. The van der Waals surface area contributed by atoms with E-state index in [1.54, 1.807) is 35.5 Å². The van der Waals surface area contributed by atoms with Crippen LogP contribution in [0, 0.1) is 0 Å². The monoisotopic (exact) mass is 428 g/mol. The third-order valence-electron chi connectivity index (χ3n) is 5.75. The van der Waals surface area contributed by atoms with Crippen molar-refractivity contribution < 1.29 is 33.6 Å². The number of aliphatic carboxylic acids is 1. The van der Waals surface area contributed by atoms with Gasteiger partial charge in [-0.15, -0.1) is 0 Å². The van der Waals surface area contributed by atoms with Gasteiger partial charge in [-0.2, -0.15) is 0 Å². The fourth-order valence-electron chi connectivity index (χ4n) is 4.24. The predicted octanol–water partition coefficient (Wildman–Crippen LogP) is 4.32. The number of benzene rings is 2. The Morgan fingerprint density at radius 1 is 0.839 bits per heavy atom. The molecule has 1 aliphatic carbocycles. The molecule has 0 spiro atoms. The lowest BCUT2D eigenvalue weighted by atomic mass is 9.89. The van der Waals surface area contributed by atoms with Crippen LogP contribution in [0.15, 0.2) is 29.8 Å². The molecule has 1 aliphatic rings. The first-order valence-electron chi connectivity index (χ1n) is 9.85. The Hall–Kier alpha value is -3.35. The van der Waals surface area contributed by atoms with Gasteiger partial charge in [-0.25, -0.2) is 0 Å². The number of carboxylic acid groups (broad SMARTS) is 1. The average molecular weight is 428 g/mol. The van der Waals surface area contributed by atoms with Crippen LogP contribution in [0.1, 0.15) is 36.0 Å². The van der Waals surface area contributed by atoms with Crippen molar-refractivity contribution in [3.63, 3.8) is 0 Å². The van der Waals surface area contributed by atoms with E-state index in [1.807, 2.05) is 31.2 Å². The zero-order chi connectivity index (χ0) is 22.7. The van der Waals surface area contributed by atoms with Crippen LogP contribution in [0.3, 0.4) is 0 Å². The smallest absolute Gasteiger partial charge is 0.307 e. The molecule has 0 amide bonds. The summed E-state index contributed by atoms with van der Waals surface area (Å²) in [5.41, 5.74) is 4.70. The summed E-state index contributed by atoms with van der Waals surface area (Å²) >= 11 is 0. The molecule has 0 aromatic heterocycles. The van der Waals surface area contributed by atoms with Gasteiger partial charge in [-0.05, 0) is 59.9 Å². The van der Waals surface area contributed by atoms with Gasteiger partial charge in [0.15, 0.2) is 23.0 Å². The van der Waals surface area contributed by atoms with Crippen LogP contribution in [0.5, 0.6) is 28.7 Å². The van der Waals surface area contributed by atoms with Crippen molar-refractivity contribution in [3.8, 4) is 28.7 Å². The maximum atomic E-state index is 11.6. The molecule has 0 aliphatic heterocycles. The van der Waals surface area contributed by atoms with Gasteiger partial charge < -0.3 is 28.8 Å². The van der Waals surface area contributed by atoms with Crippen LogP contribution >= 0.6 is 0 Å². The van der Waals surface area contributed by atoms with Crippen LogP contribution in [-0.4, -0.2) is 46.6 Å². The molecule has 31 heavy (non-hydrogen) atoms. The van der Waals surface area contributed by atoms with Crippen LogP contribution < -0.4 is 23.7 Å². The molecular formula is C24H28O7. The maximum absolute atomic E-state index is 11.6. The van der Waals surface area contributed by atoms with Crippen molar-refractivity contribution in [1.29, 1.82) is 0 Å². The van der Waals surface area contributed by atoms with Crippen molar-refractivity contribution in [3.05, 3.63) is 46.5 Å². The Labute approximate surface area is 182 Å². The minimum atomic E-state index is -0.872. The molecule has 0 saturated carbocycles. The van der Waals surface area contributed by atoms with E-state index in [0.717, 1.165) is 27.8 Å². The highest BCUT2D eigenvalue weighted by Gasteiger charge is 2.32. The van der Waals surface area contributed by atoms with E-state index < -0.39 is 5.97 Å². The summed E-state index contributed by atoms with van der Waals surface area (Å²) in [5.74, 6) is 1.98. The van der Waals surface area contributed by atoms with Crippen LogP contribution in [0.2, 0.25) is 0 Å². The summed E-state index contributed by atoms with van der Waals surface area (Å²) in [4.78, 5) is 11.6. The number of ether oxygens (including phenoxy) is 5. The molecule has 0 fully saturated rings. The SMILES string of the molecule is COc1cc2c(cc1OC)C(Cc1cc(OC)c(OC)c(OC)c1)C(C)=C2CC(=O)O. The molecule has 0 heterocycles. The zero-order valence-corrected chi connectivity index (χ0v) is 18.7. The third kappa shape index (κ3) is 4.13. The summed E-state index contributed by atoms with van der Waals surface area (Å²) in [6, 6.07) is 7.65. The van der Waals surface area contributed by atoms with Gasteiger partial charge in [0.25, 0.3) is 0 Å². The minimum absolute atomic E-state index is 0.0213. The van der Waals surface area contributed by atoms with Crippen molar-refractivity contribution >= 4 is 11.5 Å². The fraction of sp³-hybridized carbons (Fsp3) is 0.375. The number of carbonyl (C=O) groups is 1. The maximum Gasteiger partial charge on any atom is 0.307 e. The van der Waals surface area contributed by atoms with Gasteiger partial charge in [0.1, 0.15) is 0 Å².